The lowest BCUT2D eigenvalue weighted by atomic mass is 10.1. The van der Waals surface area contributed by atoms with E-state index in [1.807, 2.05) is 30.3 Å². The van der Waals surface area contributed by atoms with Gasteiger partial charge in [0.15, 0.2) is 0 Å². The average Bonchev–Trinajstić information content (AvgIpc) is 3.56. The zero-order chi connectivity index (χ0) is 23.4. The summed E-state index contributed by atoms with van der Waals surface area (Å²) >= 11 is 0. The molecule has 3 aromatic carbocycles. The fraction of sp³-hybridized carbons (Fsp3) is 0.160. The van der Waals surface area contributed by atoms with Gasteiger partial charge < -0.3 is 21.5 Å². The number of hydrogen-bond donors (Lipinski definition) is 4. The molecule has 4 rings (SSSR count). The van der Waals surface area contributed by atoms with E-state index in [1.165, 1.54) is 23.8 Å². The number of nitriles is 1. The number of carbonyl (C=O) groups excluding carboxylic acids is 2. The number of nitrogens with zero attached hydrogens (tertiary/aromatic N) is 1. The van der Waals surface area contributed by atoms with Crippen LogP contribution in [0.25, 0.3) is 0 Å². The molecule has 3 aromatic rings. The number of amides is 2. The third kappa shape index (κ3) is 5.29. The number of hydrogen-bond acceptors (Lipinski definition) is 6. The highest BCUT2D eigenvalue weighted by molar-refractivity contribution is 6.06. The van der Waals surface area contributed by atoms with Crippen LogP contribution >= 0.6 is 0 Å². The first kappa shape index (κ1) is 21.9. The summed E-state index contributed by atoms with van der Waals surface area (Å²) in [5, 5.41) is 14.7. The highest BCUT2D eigenvalue weighted by atomic mass is 16.5. The van der Waals surface area contributed by atoms with Crippen molar-refractivity contribution in [2.24, 2.45) is 5.73 Å². The lowest BCUT2D eigenvalue weighted by Crippen LogP contribution is -2.16. The fourth-order valence-electron chi connectivity index (χ4n) is 3.45. The van der Waals surface area contributed by atoms with Crippen molar-refractivity contribution in [1.29, 1.82) is 5.26 Å². The van der Waals surface area contributed by atoms with Crippen molar-refractivity contribution < 1.29 is 14.3 Å². The van der Waals surface area contributed by atoms with Gasteiger partial charge >= 0.3 is 6.09 Å². The molecule has 8 nitrogen and oxygen atoms in total. The largest absolute Gasteiger partial charge is 0.444 e. The number of nitrogens with one attached hydrogen (secondary N) is 2. The minimum absolute atomic E-state index is 0.0870. The minimum Gasteiger partial charge on any atom is -0.444 e. The molecule has 0 bridgehead atoms. The van der Waals surface area contributed by atoms with Crippen molar-refractivity contribution in [3.8, 4) is 6.07 Å². The zero-order valence-electron chi connectivity index (χ0n) is 17.7. The number of nitrogens with two attached hydrogens (primary N) is 2. The lowest BCUT2D eigenvalue weighted by molar-refractivity contribution is 0.102. The Hall–Kier alpha value is -4.35. The maximum Gasteiger partial charge on any atom is 0.411 e. The summed E-state index contributed by atoms with van der Waals surface area (Å²) in [7, 11) is 0. The molecule has 33 heavy (non-hydrogen) atoms. The van der Waals surface area contributed by atoms with Crippen LogP contribution in [0.2, 0.25) is 0 Å². The van der Waals surface area contributed by atoms with E-state index in [1.54, 1.807) is 24.3 Å². The number of carbonyl (C=O) groups is 2. The topological polar surface area (TPSA) is 143 Å². The molecule has 0 radical (unpaired) electrons. The highest BCUT2D eigenvalue weighted by Crippen LogP contribution is 2.38. The Balaban J connectivity index is 1.35. The number of ether oxygens (including phenoxy) is 1. The second kappa shape index (κ2) is 9.42. The standard InChI is InChI=1S/C25H23N5O3/c26-13-18-11-17(24(31)29-23-4-2-1-3-20(23)27)9-10-22(18)30-25(32)33-14-15-5-7-16(8-6-15)19-12-21(19)28/h1-11,19,21H,12,14,27-28H2,(H,29,31)(H,30,32). The molecule has 2 amide bonds. The van der Waals surface area contributed by atoms with Crippen molar-refractivity contribution in [3.63, 3.8) is 0 Å². The van der Waals surface area contributed by atoms with Crippen molar-refractivity contribution in [2.75, 3.05) is 16.4 Å². The Morgan fingerprint density at radius 1 is 1.03 bits per heavy atom. The first-order valence-corrected chi connectivity index (χ1v) is 10.4. The lowest BCUT2D eigenvalue weighted by Gasteiger charge is -2.11. The Morgan fingerprint density at radius 2 is 1.76 bits per heavy atom. The maximum absolute atomic E-state index is 12.5. The zero-order valence-corrected chi connectivity index (χ0v) is 17.7. The van der Waals surface area contributed by atoms with Gasteiger partial charge in [-0.1, -0.05) is 36.4 Å². The number of rotatable bonds is 6. The van der Waals surface area contributed by atoms with Crippen LogP contribution < -0.4 is 22.1 Å². The van der Waals surface area contributed by atoms with Gasteiger partial charge in [-0.3, -0.25) is 10.1 Å². The Bertz CT molecular complexity index is 1230. The summed E-state index contributed by atoms with van der Waals surface area (Å²) in [5.74, 6) is -0.00287. The summed E-state index contributed by atoms with van der Waals surface area (Å²) in [6.45, 7) is 0.0870. The minimum atomic E-state index is -0.700. The molecule has 2 unspecified atom stereocenters. The summed E-state index contributed by atoms with van der Waals surface area (Å²) in [4.78, 5) is 24.7. The molecule has 0 saturated heterocycles. The van der Waals surface area contributed by atoms with Crippen LogP contribution in [0.4, 0.5) is 21.9 Å². The van der Waals surface area contributed by atoms with Crippen LogP contribution in [0.3, 0.4) is 0 Å². The molecular formula is C25H23N5O3. The number of para-hydroxylation sites is 2. The molecule has 2 atom stereocenters. The van der Waals surface area contributed by atoms with Crippen molar-refractivity contribution in [3.05, 3.63) is 89.0 Å². The van der Waals surface area contributed by atoms with Gasteiger partial charge in [0.25, 0.3) is 5.91 Å². The van der Waals surface area contributed by atoms with Crippen LogP contribution in [0.1, 0.15) is 39.4 Å². The number of nitrogen functional groups attached to an aromatic ring is 1. The fourth-order valence-corrected chi connectivity index (χ4v) is 3.45. The van der Waals surface area contributed by atoms with Crippen LogP contribution in [0, 0.1) is 11.3 Å². The first-order valence-electron chi connectivity index (χ1n) is 10.4. The second-order valence-electron chi connectivity index (χ2n) is 7.86. The van der Waals surface area contributed by atoms with Crippen LogP contribution in [-0.4, -0.2) is 18.0 Å². The Morgan fingerprint density at radius 3 is 2.42 bits per heavy atom. The molecule has 1 fully saturated rings. The van der Waals surface area contributed by atoms with Crippen LogP contribution in [0.5, 0.6) is 0 Å². The Labute approximate surface area is 191 Å². The first-order chi connectivity index (χ1) is 15.9. The third-order valence-electron chi connectivity index (χ3n) is 5.47. The van der Waals surface area contributed by atoms with Gasteiger partial charge in [0.1, 0.15) is 12.7 Å². The van der Waals surface area contributed by atoms with E-state index >= 15 is 0 Å². The second-order valence-corrected chi connectivity index (χ2v) is 7.86. The van der Waals surface area contributed by atoms with Gasteiger partial charge in [0, 0.05) is 17.5 Å². The monoisotopic (exact) mass is 441 g/mol. The van der Waals surface area contributed by atoms with Gasteiger partial charge in [-0.15, -0.1) is 0 Å². The summed E-state index contributed by atoms with van der Waals surface area (Å²) in [6, 6.07) is 21.3. The van der Waals surface area contributed by atoms with Gasteiger partial charge in [0.05, 0.1) is 22.6 Å². The molecule has 1 aliphatic carbocycles. The van der Waals surface area contributed by atoms with E-state index in [4.69, 9.17) is 16.2 Å². The van der Waals surface area contributed by atoms with E-state index < -0.39 is 12.0 Å². The van der Waals surface area contributed by atoms with Gasteiger partial charge in [-0.25, -0.2) is 4.79 Å². The molecule has 0 heterocycles. The Kier molecular flexibility index (Phi) is 6.24. The SMILES string of the molecule is N#Cc1cc(C(=O)Nc2ccccc2N)ccc1NC(=O)OCc1ccc(C2CC2N)cc1. The normalized spacial score (nSPS) is 16.4. The molecule has 1 aliphatic rings. The smallest absolute Gasteiger partial charge is 0.411 e. The number of benzene rings is 3. The van der Waals surface area contributed by atoms with E-state index in [9.17, 15) is 14.9 Å². The molecule has 166 valence electrons. The molecule has 8 heteroatoms. The average molecular weight is 441 g/mol. The van der Waals surface area contributed by atoms with Gasteiger partial charge in [-0.2, -0.15) is 5.26 Å². The maximum atomic E-state index is 12.5. The molecule has 0 aliphatic heterocycles. The predicted octanol–water partition coefficient (Wildman–Crippen LogP) is 3.96. The van der Waals surface area contributed by atoms with Crippen LogP contribution in [-0.2, 0) is 11.3 Å². The van der Waals surface area contributed by atoms with Crippen LogP contribution in [0.15, 0.2) is 66.7 Å². The number of anilines is 3. The van der Waals surface area contributed by atoms with E-state index in [2.05, 4.69) is 10.6 Å². The van der Waals surface area contributed by atoms with E-state index in [0.717, 1.165) is 12.0 Å². The molecule has 0 spiro atoms. The van der Waals surface area contributed by atoms with E-state index in [0.29, 0.717) is 17.3 Å². The van der Waals surface area contributed by atoms with Crippen molar-refractivity contribution >= 4 is 29.1 Å². The summed E-state index contributed by atoms with van der Waals surface area (Å²) < 4.78 is 5.26. The van der Waals surface area contributed by atoms with Crippen molar-refractivity contribution in [1.82, 2.24) is 0 Å². The van der Waals surface area contributed by atoms with E-state index in [-0.39, 0.29) is 29.5 Å². The third-order valence-corrected chi connectivity index (χ3v) is 5.47. The molecule has 6 N–H and O–H groups in total. The van der Waals surface area contributed by atoms with Crippen molar-refractivity contribution in [2.45, 2.75) is 25.0 Å². The highest BCUT2D eigenvalue weighted by Gasteiger charge is 2.34. The van der Waals surface area contributed by atoms with Gasteiger partial charge in [0.2, 0.25) is 0 Å². The molecule has 1 saturated carbocycles. The molecule has 0 aromatic heterocycles. The quantitative estimate of drug-likeness (QED) is 0.426. The van der Waals surface area contributed by atoms with Gasteiger partial charge in [-0.05, 0) is 47.9 Å². The summed E-state index contributed by atoms with van der Waals surface area (Å²) in [5.41, 5.74) is 15.3. The predicted molar refractivity (Wildman–Crippen MR) is 126 cm³/mol. The summed E-state index contributed by atoms with van der Waals surface area (Å²) in [6.07, 6.45) is 0.300. The molecular weight excluding hydrogens is 418 g/mol.